The molecular weight excluding hydrogens is 597 g/mol. The van der Waals surface area contributed by atoms with Gasteiger partial charge in [-0.3, -0.25) is 14.4 Å². The summed E-state index contributed by atoms with van der Waals surface area (Å²) in [6.45, 7) is 1.67. The lowest BCUT2D eigenvalue weighted by Gasteiger charge is -2.11. The smallest absolute Gasteiger partial charge is 0.336 e. The molecular formula is C33H24N4O5S2. The average Bonchev–Trinajstić information content (AvgIpc) is 3.34. The molecule has 0 saturated heterocycles. The lowest BCUT2D eigenvalue weighted by Crippen LogP contribution is -2.14. The molecule has 1 aromatic heterocycles. The largest absolute Gasteiger partial charge is 0.478 e. The molecule has 11 heteroatoms. The maximum Gasteiger partial charge on any atom is 0.336 e. The van der Waals surface area contributed by atoms with Gasteiger partial charge < -0.3 is 21.1 Å². The summed E-state index contributed by atoms with van der Waals surface area (Å²) in [5, 5.41) is 29.0. The number of carbonyl (C=O) groups is 4. The van der Waals surface area contributed by atoms with E-state index in [9.17, 15) is 29.5 Å². The summed E-state index contributed by atoms with van der Waals surface area (Å²) >= 11 is 2.27. The zero-order valence-electron chi connectivity index (χ0n) is 23.2. The molecule has 5 rings (SSSR count). The molecule has 0 fully saturated rings. The van der Waals surface area contributed by atoms with Crippen molar-refractivity contribution in [3.63, 3.8) is 0 Å². The highest BCUT2D eigenvalue weighted by atomic mass is 32.2. The van der Waals surface area contributed by atoms with Crippen LogP contribution in [0.1, 0.15) is 41.5 Å². The molecule has 0 aliphatic carbocycles. The first-order valence-corrected chi connectivity index (χ1v) is 15.0. The van der Waals surface area contributed by atoms with Crippen molar-refractivity contribution >= 4 is 73.9 Å². The molecule has 4 aromatic carbocycles. The van der Waals surface area contributed by atoms with Gasteiger partial charge in [-0.25, -0.2) is 4.79 Å². The van der Waals surface area contributed by atoms with Gasteiger partial charge in [0.2, 0.25) is 5.91 Å². The second kappa shape index (κ2) is 13.2. The van der Waals surface area contributed by atoms with Crippen LogP contribution in [0.5, 0.6) is 0 Å². The van der Waals surface area contributed by atoms with E-state index in [-0.39, 0.29) is 34.3 Å². The minimum absolute atomic E-state index is 0.00998. The van der Waals surface area contributed by atoms with Crippen LogP contribution in [0.3, 0.4) is 0 Å². The summed E-state index contributed by atoms with van der Waals surface area (Å²) in [5.74, 6) is -2.32. The molecule has 0 unspecified atom stereocenters. The van der Waals surface area contributed by atoms with Gasteiger partial charge in [0.15, 0.2) is 0 Å². The zero-order valence-corrected chi connectivity index (χ0v) is 24.8. The third-order valence-corrected chi connectivity index (χ3v) is 8.79. The van der Waals surface area contributed by atoms with E-state index >= 15 is 0 Å². The van der Waals surface area contributed by atoms with Crippen LogP contribution in [-0.2, 0) is 4.79 Å². The van der Waals surface area contributed by atoms with Gasteiger partial charge in [0.1, 0.15) is 11.1 Å². The van der Waals surface area contributed by atoms with Crippen LogP contribution in [0.4, 0.5) is 16.4 Å². The Morgan fingerprint density at radius 3 is 2.18 bits per heavy atom. The first-order chi connectivity index (χ1) is 21.2. The van der Waals surface area contributed by atoms with E-state index in [1.807, 2.05) is 6.07 Å². The molecule has 44 heavy (non-hydrogen) atoms. The summed E-state index contributed by atoms with van der Waals surface area (Å²) in [4.78, 5) is 51.7. The number of thiophene rings is 1. The number of aromatic carboxylic acids is 1. The number of anilines is 3. The van der Waals surface area contributed by atoms with Gasteiger partial charge in [0.05, 0.1) is 21.8 Å². The zero-order chi connectivity index (χ0) is 31.2. The third-order valence-electron chi connectivity index (χ3n) is 6.59. The molecule has 3 amide bonds. The molecule has 4 N–H and O–H groups in total. The first-order valence-electron chi connectivity index (χ1n) is 13.2. The second-order valence-electron chi connectivity index (χ2n) is 9.53. The topological polar surface area (TPSA) is 148 Å². The van der Waals surface area contributed by atoms with Gasteiger partial charge in [-0.15, -0.1) is 23.1 Å². The Kier molecular flexibility index (Phi) is 9.04. The maximum atomic E-state index is 13.2. The normalized spacial score (nSPS) is 10.5. The van der Waals surface area contributed by atoms with Crippen LogP contribution < -0.4 is 16.0 Å². The Morgan fingerprint density at radius 2 is 1.48 bits per heavy atom. The van der Waals surface area contributed by atoms with Crippen LogP contribution in [0.25, 0.3) is 10.8 Å². The van der Waals surface area contributed by atoms with Crippen molar-refractivity contribution in [1.29, 1.82) is 5.26 Å². The van der Waals surface area contributed by atoms with Crippen molar-refractivity contribution in [2.45, 2.75) is 11.8 Å². The van der Waals surface area contributed by atoms with E-state index in [4.69, 9.17) is 0 Å². The molecule has 218 valence electrons. The number of nitriles is 1. The Bertz CT molecular complexity index is 1960. The van der Waals surface area contributed by atoms with E-state index in [0.717, 1.165) is 11.3 Å². The average molecular weight is 621 g/mol. The Labute approximate surface area is 260 Å². The fraction of sp³-hybridized carbons (Fsp3) is 0.0606. The van der Waals surface area contributed by atoms with Gasteiger partial charge in [0, 0.05) is 27.2 Å². The number of para-hydroxylation sites is 1. The van der Waals surface area contributed by atoms with Crippen LogP contribution >= 0.6 is 23.1 Å². The van der Waals surface area contributed by atoms with Crippen molar-refractivity contribution < 1.29 is 24.3 Å². The van der Waals surface area contributed by atoms with Crippen LogP contribution in [-0.4, -0.2) is 34.6 Å². The lowest BCUT2D eigenvalue weighted by molar-refractivity contribution is -0.113. The monoisotopic (exact) mass is 620 g/mol. The number of hydrogen-bond acceptors (Lipinski definition) is 7. The third kappa shape index (κ3) is 6.62. The molecule has 5 aromatic rings. The van der Waals surface area contributed by atoms with Crippen molar-refractivity contribution in [3.05, 3.63) is 118 Å². The highest BCUT2D eigenvalue weighted by Crippen LogP contribution is 2.33. The Hall–Kier alpha value is -5.44. The number of rotatable bonds is 9. The number of carboxylic acids is 1. The van der Waals surface area contributed by atoms with Crippen molar-refractivity contribution in [3.8, 4) is 6.07 Å². The summed E-state index contributed by atoms with van der Waals surface area (Å²) in [5.41, 5.74) is 2.07. The number of nitrogens with zero attached hydrogens (tertiary/aromatic N) is 1. The molecule has 0 bridgehead atoms. The SMILES string of the molecule is Cc1c(C(=O)Nc2ccccc2)sc(NC(=O)CSc2cccc(NC(=O)c3cccc4cccc(C(=O)O)c34)c2)c1C#N. The second-order valence-corrected chi connectivity index (χ2v) is 11.6. The number of benzene rings is 4. The molecule has 0 aliphatic heterocycles. The number of nitrogens with one attached hydrogen (secondary N) is 3. The summed E-state index contributed by atoms with van der Waals surface area (Å²) in [6.07, 6.45) is 0. The molecule has 1 heterocycles. The summed E-state index contributed by atoms with van der Waals surface area (Å²) in [7, 11) is 0. The number of hydrogen-bond donors (Lipinski definition) is 4. The molecule has 0 spiro atoms. The molecule has 0 radical (unpaired) electrons. The van der Waals surface area contributed by atoms with Gasteiger partial charge in [0.25, 0.3) is 11.8 Å². The summed E-state index contributed by atoms with van der Waals surface area (Å²) < 4.78 is 0. The highest BCUT2D eigenvalue weighted by molar-refractivity contribution is 8.00. The molecule has 0 aliphatic rings. The fourth-order valence-electron chi connectivity index (χ4n) is 4.54. The van der Waals surface area contributed by atoms with Gasteiger partial charge in [-0.05, 0) is 60.3 Å². The number of carbonyl (C=O) groups excluding carboxylic acids is 3. The van der Waals surface area contributed by atoms with Crippen LogP contribution in [0.2, 0.25) is 0 Å². The van der Waals surface area contributed by atoms with E-state index in [1.54, 1.807) is 85.8 Å². The maximum absolute atomic E-state index is 13.2. The lowest BCUT2D eigenvalue weighted by atomic mass is 9.98. The number of thioether (sulfide) groups is 1. The van der Waals surface area contributed by atoms with Crippen LogP contribution in [0.15, 0.2) is 95.9 Å². The molecule has 0 atom stereocenters. The predicted molar refractivity (Wildman–Crippen MR) is 173 cm³/mol. The highest BCUT2D eigenvalue weighted by Gasteiger charge is 2.22. The van der Waals surface area contributed by atoms with E-state index in [0.29, 0.717) is 42.5 Å². The fourth-order valence-corrected chi connectivity index (χ4v) is 6.37. The number of amides is 3. The van der Waals surface area contributed by atoms with E-state index < -0.39 is 11.9 Å². The van der Waals surface area contributed by atoms with Gasteiger partial charge in [-0.1, -0.05) is 48.5 Å². The minimum atomic E-state index is -1.13. The summed E-state index contributed by atoms with van der Waals surface area (Å²) in [6, 6.07) is 27.8. The Balaban J connectivity index is 1.25. The van der Waals surface area contributed by atoms with E-state index in [2.05, 4.69) is 22.0 Å². The van der Waals surface area contributed by atoms with Crippen LogP contribution in [0, 0.1) is 18.3 Å². The molecule has 9 nitrogen and oxygen atoms in total. The van der Waals surface area contributed by atoms with Crippen molar-refractivity contribution in [2.24, 2.45) is 0 Å². The predicted octanol–water partition coefficient (Wildman–Crippen LogP) is 7.02. The quantitative estimate of drug-likeness (QED) is 0.130. The molecule has 0 saturated carbocycles. The van der Waals surface area contributed by atoms with E-state index in [1.165, 1.54) is 17.8 Å². The number of carboxylic acid groups (broad SMARTS) is 1. The Morgan fingerprint density at radius 1 is 0.818 bits per heavy atom. The van der Waals surface area contributed by atoms with Crippen molar-refractivity contribution in [2.75, 3.05) is 21.7 Å². The first kappa shape index (κ1) is 30.0. The van der Waals surface area contributed by atoms with Gasteiger partial charge in [-0.2, -0.15) is 5.26 Å². The minimum Gasteiger partial charge on any atom is -0.478 e. The van der Waals surface area contributed by atoms with Gasteiger partial charge >= 0.3 is 5.97 Å². The number of fused-ring (bicyclic) bond motifs is 1. The standard InChI is InChI=1S/C33H24N4O5S2/c1-19-26(17-34)32(44-29(19)31(40)35-21-10-3-2-4-11-21)37-27(38)18-43-23-13-7-12-22(16-23)36-30(39)24-14-5-8-20-9-6-15-25(28(20)24)33(41)42/h2-16H,18H2,1H3,(H,35,40)(H,36,39)(H,37,38)(H,41,42). The van der Waals surface area contributed by atoms with Crippen molar-refractivity contribution in [1.82, 2.24) is 0 Å².